The van der Waals surface area contributed by atoms with Crippen LogP contribution >= 0.6 is 0 Å². The maximum absolute atomic E-state index is 13.2. The molecule has 9 heteroatoms. The second-order valence-electron chi connectivity index (χ2n) is 14.3. The van der Waals surface area contributed by atoms with Gasteiger partial charge in [-0.2, -0.15) is 0 Å². The Morgan fingerprint density at radius 2 is 1.65 bits per heavy atom. The van der Waals surface area contributed by atoms with Gasteiger partial charge in [0, 0.05) is 24.9 Å². The minimum atomic E-state index is -1.45. The summed E-state index contributed by atoms with van der Waals surface area (Å²) in [5.74, 6) is 0.0177. The van der Waals surface area contributed by atoms with E-state index in [4.69, 9.17) is 10.5 Å². The summed E-state index contributed by atoms with van der Waals surface area (Å²) >= 11 is 0. The van der Waals surface area contributed by atoms with Crippen molar-refractivity contribution in [1.29, 1.82) is 0 Å². The lowest BCUT2D eigenvalue weighted by Crippen LogP contribution is -2.55. The van der Waals surface area contributed by atoms with Crippen LogP contribution in [0.1, 0.15) is 98.9 Å². The number of carbonyl (C=O) groups excluding carboxylic acids is 2. The van der Waals surface area contributed by atoms with Crippen LogP contribution in [0.2, 0.25) is 0 Å². The molecule has 3 rings (SSSR count). The first-order chi connectivity index (χ1) is 21.4. The van der Waals surface area contributed by atoms with Crippen molar-refractivity contribution in [2.75, 3.05) is 19.7 Å². The normalized spacial score (nSPS) is 22.4. The number of nitrogens with two attached hydrogens (primary N) is 1. The van der Waals surface area contributed by atoms with E-state index in [0.29, 0.717) is 25.1 Å². The summed E-state index contributed by atoms with van der Waals surface area (Å²) in [5.41, 5.74) is 10.9. The molecular formula is C37H54N2O7. The third-order valence-electron chi connectivity index (χ3n) is 9.15. The standard InChI is InChI=1S/C37H54N2O7/c1-21(2)27-16-23(4)28(34-33(44)32(43)31(42)29(20-40)46-34)18-26(27)17-25-10-9-24(15-22(25)3)11-12-36(5,6)30(41)19-37(7,8)35(45)39-14-13-38/h9-12,15-16,18,21,29,31-34,40,42-44H,13-14,17,19-20,38H2,1-8H3,(H,39,45)/b12-11+/t29-,31+,32+,33+,34+/m1/s1. The number of aryl methyl sites for hydroxylation is 2. The number of Topliss-reactive ketones (excluding diaryl/α,β-unsaturated/α-hetero) is 1. The molecule has 2 aromatic carbocycles. The fourth-order valence-corrected chi connectivity index (χ4v) is 5.91. The van der Waals surface area contributed by atoms with Gasteiger partial charge in [0.25, 0.3) is 0 Å². The average Bonchev–Trinajstić information content (AvgIpc) is 2.99. The molecule has 0 radical (unpaired) electrons. The number of benzene rings is 2. The zero-order chi connectivity index (χ0) is 34.6. The molecule has 1 heterocycles. The Morgan fingerprint density at radius 1 is 0.978 bits per heavy atom. The minimum Gasteiger partial charge on any atom is -0.394 e. The topological polar surface area (TPSA) is 162 Å². The third-order valence-corrected chi connectivity index (χ3v) is 9.15. The van der Waals surface area contributed by atoms with Crippen LogP contribution in [-0.2, 0) is 20.7 Å². The second-order valence-corrected chi connectivity index (χ2v) is 14.3. The van der Waals surface area contributed by atoms with Crippen LogP contribution in [0.5, 0.6) is 0 Å². The van der Waals surface area contributed by atoms with Gasteiger partial charge in [0.05, 0.1) is 12.0 Å². The first-order valence-corrected chi connectivity index (χ1v) is 16.2. The molecule has 1 amide bonds. The van der Waals surface area contributed by atoms with E-state index >= 15 is 0 Å². The van der Waals surface area contributed by atoms with Crippen molar-refractivity contribution in [3.05, 3.63) is 75.4 Å². The number of aliphatic hydroxyl groups is 4. The molecule has 0 spiro atoms. The Bertz CT molecular complexity index is 1410. The summed E-state index contributed by atoms with van der Waals surface area (Å²) in [7, 11) is 0. The predicted octanol–water partition coefficient (Wildman–Crippen LogP) is 3.63. The van der Waals surface area contributed by atoms with Crippen LogP contribution in [-0.4, -0.2) is 76.2 Å². The molecule has 0 aliphatic carbocycles. The van der Waals surface area contributed by atoms with Gasteiger partial charge in [0.15, 0.2) is 0 Å². The van der Waals surface area contributed by atoms with Crippen molar-refractivity contribution in [1.82, 2.24) is 5.32 Å². The van der Waals surface area contributed by atoms with Crippen molar-refractivity contribution >= 4 is 17.8 Å². The molecule has 0 bridgehead atoms. The van der Waals surface area contributed by atoms with E-state index in [9.17, 15) is 30.0 Å². The van der Waals surface area contributed by atoms with Gasteiger partial charge in [0.1, 0.15) is 36.3 Å². The van der Waals surface area contributed by atoms with Gasteiger partial charge < -0.3 is 36.2 Å². The van der Waals surface area contributed by atoms with Crippen molar-refractivity contribution in [3.63, 3.8) is 0 Å². The monoisotopic (exact) mass is 638 g/mol. The molecule has 5 atom stereocenters. The Hall–Kier alpha value is -2.92. The van der Waals surface area contributed by atoms with Crippen molar-refractivity contribution in [2.24, 2.45) is 16.6 Å². The lowest BCUT2D eigenvalue weighted by Gasteiger charge is -2.41. The summed E-state index contributed by atoms with van der Waals surface area (Å²) in [4.78, 5) is 25.7. The first-order valence-electron chi connectivity index (χ1n) is 16.2. The van der Waals surface area contributed by atoms with E-state index in [0.717, 1.165) is 33.4 Å². The van der Waals surface area contributed by atoms with E-state index in [1.54, 1.807) is 13.8 Å². The SMILES string of the molecule is Cc1cc(/C=C/C(C)(C)C(=O)CC(C)(C)C(=O)NCCN)ccc1Cc1cc([C@@H]2O[C@H](CO)[C@H](O)[C@H](O)[C@@H]2O)c(C)cc1C(C)C. The molecule has 9 nitrogen and oxygen atoms in total. The largest absolute Gasteiger partial charge is 0.394 e. The van der Waals surface area contributed by atoms with Crippen molar-refractivity contribution in [2.45, 2.75) is 105 Å². The smallest absolute Gasteiger partial charge is 0.226 e. The second kappa shape index (κ2) is 15.3. The molecule has 2 aromatic rings. The van der Waals surface area contributed by atoms with E-state index in [-0.39, 0.29) is 24.0 Å². The zero-order valence-corrected chi connectivity index (χ0v) is 28.6. The Balaban J connectivity index is 1.84. The minimum absolute atomic E-state index is 0.0271. The Labute approximate surface area is 273 Å². The van der Waals surface area contributed by atoms with Crippen LogP contribution in [0.25, 0.3) is 6.08 Å². The number of carbonyl (C=O) groups is 2. The van der Waals surface area contributed by atoms with Gasteiger partial charge in [-0.3, -0.25) is 9.59 Å². The van der Waals surface area contributed by atoms with Crippen LogP contribution in [0.4, 0.5) is 0 Å². The molecule has 0 unspecified atom stereocenters. The maximum Gasteiger partial charge on any atom is 0.226 e. The summed E-state index contributed by atoms with van der Waals surface area (Å²) in [5, 5.41) is 44.0. The van der Waals surface area contributed by atoms with Gasteiger partial charge in [-0.15, -0.1) is 0 Å². The van der Waals surface area contributed by atoms with Crippen LogP contribution in [0.15, 0.2) is 36.4 Å². The molecule has 1 saturated heterocycles. The van der Waals surface area contributed by atoms with E-state index < -0.39 is 48.0 Å². The van der Waals surface area contributed by atoms with E-state index in [1.165, 1.54) is 0 Å². The zero-order valence-electron chi connectivity index (χ0n) is 28.6. The fraction of sp³-hybridized carbons (Fsp3) is 0.568. The molecular weight excluding hydrogens is 584 g/mol. The summed E-state index contributed by atoms with van der Waals surface area (Å²) in [6.45, 7) is 15.7. The summed E-state index contributed by atoms with van der Waals surface area (Å²) in [6, 6.07) is 10.3. The van der Waals surface area contributed by atoms with Crippen molar-refractivity contribution < 1.29 is 34.8 Å². The number of hydrogen-bond donors (Lipinski definition) is 6. The molecule has 1 aliphatic heterocycles. The van der Waals surface area contributed by atoms with Crippen LogP contribution < -0.4 is 11.1 Å². The van der Waals surface area contributed by atoms with Gasteiger partial charge in [0.2, 0.25) is 5.91 Å². The highest BCUT2D eigenvalue weighted by molar-refractivity contribution is 5.93. The molecule has 46 heavy (non-hydrogen) atoms. The molecule has 0 saturated carbocycles. The highest BCUT2D eigenvalue weighted by Crippen LogP contribution is 2.37. The fourth-order valence-electron chi connectivity index (χ4n) is 5.91. The highest BCUT2D eigenvalue weighted by Gasteiger charge is 2.44. The number of aliphatic hydroxyl groups excluding tert-OH is 4. The van der Waals surface area contributed by atoms with Gasteiger partial charge in [-0.05, 0) is 79.0 Å². The molecule has 254 valence electrons. The van der Waals surface area contributed by atoms with Gasteiger partial charge in [-0.1, -0.05) is 70.2 Å². The first kappa shape index (κ1) is 37.5. The number of allylic oxidation sites excluding steroid dienone is 1. The highest BCUT2D eigenvalue weighted by atomic mass is 16.5. The number of nitrogens with one attached hydrogen (secondary N) is 1. The van der Waals surface area contributed by atoms with E-state index in [2.05, 4.69) is 37.4 Å². The lowest BCUT2D eigenvalue weighted by molar-refractivity contribution is -0.231. The number of rotatable bonds is 13. The van der Waals surface area contributed by atoms with E-state index in [1.807, 2.05) is 52.0 Å². The summed E-state index contributed by atoms with van der Waals surface area (Å²) in [6.07, 6.45) is -1.52. The van der Waals surface area contributed by atoms with Crippen molar-refractivity contribution in [3.8, 4) is 0 Å². The molecule has 1 fully saturated rings. The Kier molecular flexibility index (Phi) is 12.5. The Morgan fingerprint density at radius 3 is 2.24 bits per heavy atom. The quantitative estimate of drug-likeness (QED) is 0.194. The maximum atomic E-state index is 13.2. The summed E-state index contributed by atoms with van der Waals surface area (Å²) < 4.78 is 5.90. The molecule has 1 aliphatic rings. The third kappa shape index (κ3) is 8.70. The van der Waals surface area contributed by atoms with Gasteiger partial charge >= 0.3 is 0 Å². The lowest BCUT2D eigenvalue weighted by atomic mass is 9.77. The number of amides is 1. The number of hydrogen-bond acceptors (Lipinski definition) is 8. The van der Waals surface area contributed by atoms with Crippen LogP contribution in [0.3, 0.4) is 0 Å². The van der Waals surface area contributed by atoms with Crippen LogP contribution in [0, 0.1) is 24.7 Å². The molecule has 7 N–H and O–H groups in total. The average molecular weight is 639 g/mol. The predicted molar refractivity (Wildman–Crippen MR) is 180 cm³/mol. The number of ketones is 1. The number of ether oxygens (including phenoxy) is 1. The molecule has 0 aromatic heterocycles. The van der Waals surface area contributed by atoms with Gasteiger partial charge in [-0.25, -0.2) is 0 Å².